The highest BCUT2D eigenvalue weighted by molar-refractivity contribution is 5.98. The predicted molar refractivity (Wildman–Crippen MR) is 30.8 cm³/mol. The van der Waals surface area contributed by atoms with E-state index in [1.54, 1.807) is 0 Å². The van der Waals surface area contributed by atoms with Crippen molar-refractivity contribution in [1.82, 2.24) is 0 Å². The summed E-state index contributed by atoms with van der Waals surface area (Å²) in [6.45, 7) is 1.94. The minimum absolute atomic E-state index is 0.512. The van der Waals surface area contributed by atoms with Gasteiger partial charge >= 0.3 is 0 Å². The zero-order valence-electron chi connectivity index (χ0n) is 4.78. The van der Waals surface area contributed by atoms with Crippen molar-refractivity contribution in [2.24, 2.45) is 0 Å². The molecule has 1 unspecified atom stereocenters. The van der Waals surface area contributed by atoms with Crippen LogP contribution < -0.4 is 0 Å². The topological polar surface area (TPSA) is 9.23 Å². The molecule has 0 saturated heterocycles. The molecule has 0 aliphatic rings. The molecule has 0 bridgehead atoms. The summed E-state index contributed by atoms with van der Waals surface area (Å²) in [6, 6.07) is 0. The molecule has 0 aromatic heterocycles. The summed E-state index contributed by atoms with van der Waals surface area (Å²) in [5.74, 6) is 0. The Hall–Kier alpha value is 0.107. The van der Waals surface area contributed by atoms with Crippen molar-refractivity contribution in [3.63, 3.8) is 0 Å². The average molecular weight is 122 g/mol. The van der Waals surface area contributed by atoms with Crippen LogP contribution in [0.3, 0.4) is 0 Å². The second kappa shape index (κ2) is 4.27. The Balaban J connectivity index is 2.83. The highest BCUT2D eigenvalue weighted by Gasteiger charge is 1.97. The first-order chi connectivity index (χ1) is 3.31. The van der Waals surface area contributed by atoms with Crippen LogP contribution in [0.15, 0.2) is 0 Å². The van der Waals surface area contributed by atoms with Crippen LogP contribution in [0.4, 0.5) is 4.39 Å². The lowest BCUT2D eigenvalue weighted by Crippen LogP contribution is -2.01. The van der Waals surface area contributed by atoms with Gasteiger partial charge < -0.3 is 4.43 Å². The van der Waals surface area contributed by atoms with Crippen LogP contribution in [0.2, 0.25) is 0 Å². The molecule has 44 valence electrons. The quantitative estimate of drug-likeness (QED) is 0.492. The summed E-state index contributed by atoms with van der Waals surface area (Å²) >= 11 is 0. The van der Waals surface area contributed by atoms with Gasteiger partial charge in [0.1, 0.15) is 10.5 Å². The highest BCUT2D eigenvalue weighted by Crippen LogP contribution is 1.99. The number of hydrogen-bond donors (Lipinski definition) is 0. The summed E-state index contributed by atoms with van der Waals surface area (Å²) < 4.78 is 16.4. The standard InChI is InChI=1S/C4H11FOSi/c1-2-3-4(5)6-7/h4H,2-3H2,1,7H3. The fraction of sp³-hybridized carbons (Fsp3) is 1.00. The van der Waals surface area contributed by atoms with E-state index in [0.29, 0.717) is 16.9 Å². The maximum absolute atomic E-state index is 11.9. The Kier molecular flexibility index (Phi) is 4.34. The maximum atomic E-state index is 11.9. The van der Waals surface area contributed by atoms with Gasteiger partial charge in [-0.05, 0) is 0 Å². The van der Waals surface area contributed by atoms with Crippen molar-refractivity contribution < 1.29 is 8.82 Å². The lowest BCUT2D eigenvalue weighted by atomic mass is 10.3. The van der Waals surface area contributed by atoms with E-state index in [4.69, 9.17) is 0 Å². The number of rotatable bonds is 3. The van der Waals surface area contributed by atoms with Crippen molar-refractivity contribution in [3.8, 4) is 0 Å². The Morgan fingerprint density at radius 2 is 2.43 bits per heavy atom. The van der Waals surface area contributed by atoms with Crippen molar-refractivity contribution in [1.29, 1.82) is 0 Å². The number of hydrogen-bond acceptors (Lipinski definition) is 1. The van der Waals surface area contributed by atoms with Gasteiger partial charge in [0, 0.05) is 6.42 Å². The molecule has 0 aliphatic carbocycles. The van der Waals surface area contributed by atoms with E-state index >= 15 is 0 Å². The van der Waals surface area contributed by atoms with Gasteiger partial charge in [0.05, 0.1) is 0 Å². The van der Waals surface area contributed by atoms with Crippen LogP contribution in [0.5, 0.6) is 0 Å². The van der Waals surface area contributed by atoms with Gasteiger partial charge in [-0.1, -0.05) is 13.3 Å². The smallest absolute Gasteiger partial charge is 0.188 e. The zero-order chi connectivity index (χ0) is 5.70. The lowest BCUT2D eigenvalue weighted by molar-refractivity contribution is 0.0684. The van der Waals surface area contributed by atoms with Crippen molar-refractivity contribution in [3.05, 3.63) is 0 Å². The molecule has 0 radical (unpaired) electrons. The molecule has 0 spiro atoms. The van der Waals surface area contributed by atoms with Gasteiger partial charge in [-0.3, -0.25) is 0 Å². The summed E-state index contributed by atoms with van der Waals surface area (Å²) in [6.07, 6.45) is 0.420. The molecule has 0 fully saturated rings. The third-order valence-corrected chi connectivity index (χ3v) is 1.28. The fourth-order valence-electron chi connectivity index (χ4n) is 0.345. The molecule has 0 rings (SSSR count). The zero-order valence-corrected chi connectivity index (χ0v) is 6.78. The molecular formula is C4H11FOSi. The van der Waals surface area contributed by atoms with E-state index in [2.05, 4.69) is 4.43 Å². The Bertz CT molecular complexity index is 42.7. The van der Waals surface area contributed by atoms with Gasteiger partial charge in [0.25, 0.3) is 0 Å². The van der Waals surface area contributed by atoms with Gasteiger partial charge in [0.15, 0.2) is 6.36 Å². The molecule has 0 amide bonds. The molecule has 1 nitrogen and oxygen atoms in total. The molecule has 0 aromatic rings. The normalized spacial score (nSPS) is 14.6. The van der Waals surface area contributed by atoms with Crippen LogP contribution in [-0.2, 0) is 4.43 Å². The number of alkyl halides is 1. The molecule has 0 heterocycles. The van der Waals surface area contributed by atoms with Crippen LogP contribution in [0.25, 0.3) is 0 Å². The first-order valence-electron chi connectivity index (χ1n) is 2.48. The Morgan fingerprint density at radius 3 is 2.57 bits per heavy atom. The molecule has 0 N–H and O–H groups in total. The molecule has 0 aliphatic heterocycles. The summed E-state index contributed by atoms with van der Waals surface area (Å²) in [4.78, 5) is 0. The van der Waals surface area contributed by atoms with Crippen LogP contribution in [0.1, 0.15) is 19.8 Å². The lowest BCUT2D eigenvalue weighted by Gasteiger charge is -2.01. The van der Waals surface area contributed by atoms with Gasteiger partial charge in [0.2, 0.25) is 0 Å². The molecule has 1 atom stereocenters. The molecule has 7 heavy (non-hydrogen) atoms. The molecular weight excluding hydrogens is 111 g/mol. The van der Waals surface area contributed by atoms with E-state index < -0.39 is 6.36 Å². The molecule has 3 heteroatoms. The summed E-state index contributed by atoms with van der Waals surface area (Å²) in [5, 5.41) is 0. The molecule has 0 saturated carbocycles. The second-order valence-electron chi connectivity index (χ2n) is 1.43. The largest absolute Gasteiger partial charge is 0.400 e. The van der Waals surface area contributed by atoms with Gasteiger partial charge in [-0.2, -0.15) is 0 Å². The van der Waals surface area contributed by atoms with Crippen LogP contribution in [0, 0.1) is 0 Å². The first kappa shape index (κ1) is 7.11. The van der Waals surface area contributed by atoms with E-state index in [1.165, 1.54) is 0 Å². The summed E-state index contributed by atoms with van der Waals surface area (Å²) in [7, 11) is 0.512. The van der Waals surface area contributed by atoms with E-state index in [-0.39, 0.29) is 0 Å². The van der Waals surface area contributed by atoms with E-state index in [9.17, 15) is 4.39 Å². The van der Waals surface area contributed by atoms with E-state index in [0.717, 1.165) is 6.42 Å². The SMILES string of the molecule is CCCC(F)O[SiH3]. The fourth-order valence-corrected chi connectivity index (χ4v) is 0.581. The minimum atomic E-state index is -0.989. The number of halogens is 1. The van der Waals surface area contributed by atoms with Gasteiger partial charge in [-0.15, -0.1) is 0 Å². The minimum Gasteiger partial charge on any atom is -0.400 e. The van der Waals surface area contributed by atoms with E-state index in [1.807, 2.05) is 6.92 Å². The van der Waals surface area contributed by atoms with Gasteiger partial charge in [-0.25, -0.2) is 4.39 Å². The average Bonchev–Trinajstić information content (AvgIpc) is 1.68. The molecule has 0 aromatic carbocycles. The highest BCUT2D eigenvalue weighted by atomic mass is 28.2. The van der Waals surface area contributed by atoms with Crippen molar-refractivity contribution >= 4 is 10.5 Å². The maximum Gasteiger partial charge on any atom is 0.188 e. The van der Waals surface area contributed by atoms with Crippen LogP contribution in [-0.4, -0.2) is 16.8 Å². The van der Waals surface area contributed by atoms with Crippen LogP contribution >= 0.6 is 0 Å². The Morgan fingerprint density at radius 1 is 1.86 bits per heavy atom. The predicted octanol–water partition coefficient (Wildman–Crippen LogP) is 0.379. The third-order valence-electron chi connectivity index (χ3n) is 0.771. The summed E-state index contributed by atoms with van der Waals surface area (Å²) in [5.41, 5.74) is 0. The second-order valence-corrected chi connectivity index (χ2v) is 1.91. The van der Waals surface area contributed by atoms with Crippen molar-refractivity contribution in [2.45, 2.75) is 26.1 Å². The Labute approximate surface area is 46.4 Å². The van der Waals surface area contributed by atoms with Crippen molar-refractivity contribution in [2.75, 3.05) is 0 Å². The third kappa shape index (κ3) is 3.95. The monoisotopic (exact) mass is 122 g/mol. The first-order valence-corrected chi connectivity index (χ1v) is 3.29.